The molecule has 0 fully saturated rings. The number of hydrogen-bond acceptors (Lipinski definition) is 3. The van der Waals surface area contributed by atoms with Crippen LogP contribution in [0.2, 0.25) is 5.02 Å². The smallest absolute Gasteiger partial charge is 0.358 e. The minimum atomic E-state index is -0.552. The van der Waals surface area contributed by atoms with Crippen molar-refractivity contribution >= 4 is 11.6 Å². The van der Waals surface area contributed by atoms with E-state index in [1.807, 2.05) is 19.1 Å². The molecule has 2 heterocycles. The Bertz CT molecular complexity index is 701. The van der Waals surface area contributed by atoms with Gasteiger partial charge < -0.3 is 9.15 Å². The fourth-order valence-electron chi connectivity index (χ4n) is 2.28. The molecule has 3 nitrogen and oxygen atoms in total. The molecule has 0 bridgehead atoms. The zero-order valence-corrected chi connectivity index (χ0v) is 10.8. The lowest BCUT2D eigenvalue weighted by Gasteiger charge is -2.22. The lowest BCUT2D eigenvalue weighted by atomic mass is 9.95. The first-order valence-corrected chi connectivity index (χ1v) is 6.01. The maximum Gasteiger partial charge on any atom is 0.358 e. The highest BCUT2D eigenvalue weighted by atomic mass is 35.5. The molecular formula is C14H11ClO3. The van der Waals surface area contributed by atoms with Gasteiger partial charge in [-0.1, -0.05) is 35.4 Å². The van der Waals surface area contributed by atoms with Crippen LogP contribution in [0.15, 0.2) is 27.4 Å². The molecule has 1 aromatic carbocycles. The van der Waals surface area contributed by atoms with E-state index in [0.717, 1.165) is 16.7 Å². The van der Waals surface area contributed by atoms with E-state index in [4.69, 9.17) is 20.8 Å². The summed E-state index contributed by atoms with van der Waals surface area (Å²) in [6.45, 7) is 4.20. The summed E-state index contributed by atoms with van der Waals surface area (Å²) < 4.78 is 10.7. The molecule has 0 radical (unpaired) electrons. The van der Waals surface area contributed by atoms with Crippen molar-refractivity contribution in [3.8, 4) is 16.9 Å². The van der Waals surface area contributed by atoms with Crippen molar-refractivity contribution in [3.63, 3.8) is 0 Å². The second-order valence-electron chi connectivity index (χ2n) is 4.41. The van der Waals surface area contributed by atoms with Gasteiger partial charge in [0.25, 0.3) is 0 Å². The van der Waals surface area contributed by atoms with Crippen molar-refractivity contribution in [2.24, 2.45) is 0 Å². The highest BCUT2D eigenvalue weighted by molar-refractivity contribution is 6.32. The second-order valence-corrected chi connectivity index (χ2v) is 4.79. The largest absolute Gasteiger partial charge is 0.486 e. The summed E-state index contributed by atoms with van der Waals surface area (Å²) in [7, 11) is 0. The molecule has 18 heavy (non-hydrogen) atoms. The number of benzene rings is 1. The number of fused-ring (bicyclic) bond motifs is 3. The van der Waals surface area contributed by atoms with Crippen molar-refractivity contribution in [1.29, 1.82) is 0 Å². The lowest BCUT2D eigenvalue weighted by Crippen LogP contribution is -2.12. The highest BCUT2D eigenvalue weighted by Crippen LogP contribution is 2.42. The second kappa shape index (κ2) is 3.89. The standard InChI is InChI=1S/C14H11ClO3/c1-7-3-4-10-9(5-7)6-17-13-11(10)8(2)18-14(16)12(13)15/h3-5H,6H2,1-2H3. The van der Waals surface area contributed by atoms with E-state index in [2.05, 4.69) is 6.07 Å². The Morgan fingerprint density at radius 1 is 1.28 bits per heavy atom. The van der Waals surface area contributed by atoms with Crippen LogP contribution in [0.25, 0.3) is 11.1 Å². The molecule has 4 heteroatoms. The Balaban J connectivity index is 2.37. The topological polar surface area (TPSA) is 39.4 Å². The summed E-state index contributed by atoms with van der Waals surface area (Å²) in [5.74, 6) is 0.964. The van der Waals surface area contributed by atoms with Crippen molar-refractivity contribution in [3.05, 3.63) is 50.5 Å². The first-order valence-electron chi connectivity index (χ1n) is 5.64. The lowest BCUT2D eigenvalue weighted by molar-refractivity contribution is 0.296. The van der Waals surface area contributed by atoms with E-state index in [9.17, 15) is 4.79 Å². The molecule has 0 saturated carbocycles. The minimum absolute atomic E-state index is 0.0156. The number of aryl methyl sites for hydroxylation is 2. The van der Waals surface area contributed by atoms with Crippen LogP contribution < -0.4 is 10.4 Å². The Labute approximate surface area is 109 Å². The first kappa shape index (κ1) is 11.4. The normalized spacial score (nSPS) is 12.6. The summed E-state index contributed by atoms with van der Waals surface area (Å²) >= 11 is 5.95. The van der Waals surface area contributed by atoms with Crippen molar-refractivity contribution in [2.45, 2.75) is 20.5 Å². The SMILES string of the molecule is Cc1ccc2c(c1)COc1c-2c(C)oc(=O)c1Cl. The molecule has 1 aromatic heterocycles. The van der Waals surface area contributed by atoms with Gasteiger partial charge in [-0.05, 0) is 25.0 Å². The van der Waals surface area contributed by atoms with Gasteiger partial charge in [0.1, 0.15) is 12.4 Å². The van der Waals surface area contributed by atoms with Gasteiger partial charge in [0.2, 0.25) is 0 Å². The van der Waals surface area contributed by atoms with Gasteiger partial charge in [0, 0.05) is 0 Å². The zero-order valence-electron chi connectivity index (χ0n) is 10.0. The molecule has 2 aromatic rings. The summed E-state index contributed by atoms with van der Waals surface area (Å²) in [6, 6.07) is 6.10. The molecule has 0 N–H and O–H groups in total. The van der Waals surface area contributed by atoms with Crippen molar-refractivity contribution in [2.75, 3.05) is 0 Å². The monoisotopic (exact) mass is 262 g/mol. The quantitative estimate of drug-likeness (QED) is 0.730. The average molecular weight is 263 g/mol. The molecule has 1 aliphatic rings. The molecule has 1 aliphatic heterocycles. The fraction of sp³-hybridized carbons (Fsp3) is 0.214. The van der Waals surface area contributed by atoms with Crippen LogP contribution in [0.1, 0.15) is 16.9 Å². The molecule has 0 spiro atoms. The number of halogens is 1. The Morgan fingerprint density at radius 2 is 2.06 bits per heavy atom. The van der Waals surface area contributed by atoms with Crippen LogP contribution in [0.4, 0.5) is 0 Å². The van der Waals surface area contributed by atoms with Crippen LogP contribution in [0, 0.1) is 13.8 Å². The van der Waals surface area contributed by atoms with Crippen molar-refractivity contribution in [1.82, 2.24) is 0 Å². The number of ether oxygens (including phenoxy) is 1. The molecule has 92 valence electrons. The summed E-state index contributed by atoms with van der Waals surface area (Å²) in [4.78, 5) is 11.5. The predicted octanol–water partition coefficient (Wildman–Crippen LogP) is 3.47. The van der Waals surface area contributed by atoms with E-state index < -0.39 is 5.63 Å². The Hall–Kier alpha value is -1.74. The molecule has 0 saturated heterocycles. The molecule has 3 rings (SSSR count). The molecule has 0 aliphatic carbocycles. The van der Waals surface area contributed by atoms with Gasteiger partial charge in [-0.15, -0.1) is 0 Å². The van der Waals surface area contributed by atoms with Gasteiger partial charge >= 0.3 is 5.63 Å². The fourth-order valence-corrected chi connectivity index (χ4v) is 2.47. The summed E-state index contributed by atoms with van der Waals surface area (Å²) in [5.41, 5.74) is 3.49. The number of hydrogen-bond donors (Lipinski definition) is 0. The third kappa shape index (κ3) is 1.55. The number of rotatable bonds is 0. The van der Waals surface area contributed by atoms with E-state index in [1.165, 1.54) is 5.56 Å². The zero-order chi connectivity index (χ0) is 12.9. The molecule has 0 unspecified atom stereocenters. The van der Waals surface area contributed by atoms with Crippen LogP contribution >= 0.6 is 11.6 Å². The summed E-state index contributed by atoms with van der Waals surface area (Å²) in [5, 5.41) is 0.0156. The minimum Gasteiger partial charge on any atom is -0.486 e. The maximum atomic E-state index is 11.5. The van der Waals surface area contributed by atoms with E-state index in [0.29, 0.717) is 18.1 Å². The predicted molar refractivity (Wildman–Crippen MR) is 69.2 cm³/mol. The van der Waals surface area contributed by atoms with Crippen molar-refractivity contribution < 1.29 is 9.15 Å². The molecule has 0 atom stereocenters. The molecule has 0 amide bonds. The third-order valence-electron chi connectivity index (χ3n) is 3.11. The highest BCUT2D eigenvalue weighted by Gasteiger charge is 2.25. The van der Waals surface area contributed by atoms with Crippen LogP contribution in [-0.4, -0.2) is 0 Å². The average Bonchev–Trinajstić information content (AvgIpc) is 2.34. The van der Waals surface area contributed by atoms with E-state index in [-0.39, 0.29) is 5.02 Å². The maximum absolute atomic E-state index is 11.5. The van der Waals surface area contributed by atoms with Crippen LogP contribution in [0.3, 0.4) is 0 Å². The summed E-state index contributed by atoms with van der Waals surface area (Å²) in [6.07, 6.45) is 0. The van der Waals surface area contributed by atoms with Gasteiger partial charge in [0.05, 0.1) is 5.56 Å². The molecular weight excluding hydrogens is 252 g/mol. The van der Waals surface area contributed by atoms with E-state index in [1.54, 1.807) is 6.92 Å². The van der Waals surface area contributed by atoms with Crippen LogP contribution in [-0.2, 0) is 6.61 Å². The van der Waals surface area contributed by atoms with Gasteiger partial charge in [-0.3, -0.25) is 0 Å². The Kier molecular flexibility index (Phi) is 2.45. The first-order chi connectivity index (χ1) is 8.58. The van der Waals surface area contributed by atoms with Gasteiger partial charge in [0.15, 0.2) is 10.8 Å². The Morgan fingerprint density at radius 3 is 2.83 bits per heavy atom. The van der Waals surface area contributed by atoms with Crippen LogP contribution in [0.5, 0.6) is 5.75 Å². The third-order valence-corrected chi connectivity index (χ3v) is 3.43. The van der Waals surface area contributed by atoms with E-state index >= 15 is 0 Å². The van der Waals surface area contributed by atoms with Gasteiger partial charge in [-0.2, -0.15) is 0 Å². The van der Waals surface area contributed by atoms with Gasteiger partial charge in [-0.25, -0.2) is 4.79 Å².